The predicted octanol–water partition coefficient (Wildman–Crippen LogP) is 0.168. The van der Waals surface area contributed by atoms with E-state index in [2.05, 4.69) is 52.8 Å². The molecule has 2 aliphatic rings. The quantitative estimate of drug-likeness (QED) is 0.00908. The number of aromatic amines is 2. The molecule has 2 saturated heterocycles. The molecule has 5 heterocycles. The lowest BCUT2D eigenvalue weighted by Gasteiger charge is -2.23. The van der Waals surface area contributed by atoms with Crippen molar-refractivity contribution in [2.75, 3.05) is 91.5 Å². The number of nitrogens with two attached hydrogens (primary N) is 2. The van der Waals surface area contributed by atoms with Gasteiger partial charge in [-0.25, -0.2) is 19.2 Å². The fraction of sp³-hybridized carbons (Fsp3) is 0.725. The van der Waals surface area contributed by atoms with Crippen molar-refractivity contribution in [3.8, 4) is 12.3 Å². The van der Waals surface area contributed by atoms with E-state index in [0.29, 0.717) is 25.3 Å². The third kappa shape index (κ3) is 30.9. The molecule has 35 nitrogen and oxygen atoms in total. The number of unbranched alkanes of at least 4 members (excludes halogenated alkanes) is 6. The van der Waals surface area contributed by atoms with Gasteiger partial charge in [0.25, 0.3) is 11.1 Å². The molecule has 15 N–H and O–H groups in total. The van der Waals surface area contributed by atoms with Crippen LogP contribution in [0.4, 0.5) is 9.59 Å². The zero-order valence-electron chi connectivity index (χ0n) is 49.1. The molecular weight excluding hydrogens is 1200 g/mol. The first-order chi connectivity index (χ1) is 41.7. The highest BCUT2D eigenvalue weighted by Gasteiger charge is 2.50. The van der Waals surface area contributed by atoms with Crippen LogP contribution in [-0.4, -0.2) is 194 Å². The van der Waals surface area contributed by atoms with Crippen LogP contribution < -0.4 is 60.5 Å². The number of aliphatic hydroxyl groups is 2. The van der Waals surface area contributed by atoms with Crippen molar-refractivity contribution < 1.29 is 66.7 Å². The predicted molar refractivity (Wildman–Crippen MR) is 323 cm³/mol. The summed E-state index contributed by atoms with van der Waals surface area (Å²) in [6, 6.07) is 2.08. The van der Waals surface area contributed by atoms with Crippen LogP contribution in [0, 0.1) is 12.3 Å². The minimum Gasteiger partial charge on any atom is -0.447 e. The monoisotopic (exact) mass is 1290 g/mol. The van der Waals surface area contributed by atoms with Crippen molar-refractivity contribution in [2.45, 2.75) is 147 Å². The van der Waals surface area contributed by atoms with Crippen LogP contribution in [0.15, 0.2) is 55.0 Å². The highest BCUT2D eigenvalue weighted by atomic mass is 31.2. The molecule has 0 radical (unpaired) electrons. The number of hydrogen-bond acceptors (Lipinski definition) is 24. The standard InChI is InChI=1S/C24H42N9O9P.C15H20N3O9P.C11H25N5.CH4/c1-43(38,39)42-21-18(41-22(20(21)35)33-13-6-19(34)29-23(33)36)16-40-24(37)28-14-17-15-32(31-30-17)12-5-11-27-9-3-2-8-26-10-4-7-25;1-3-6-16-15(22)25-8-9-12(27-28(23,24)4-2)11(20)13(26-9)18-7-5-10(19)17-14(18)21;12-8-5-3-1-2-4-6-9-14-10-7-11-15-16-13;/h6,13,15,18,20-22,26-27,35H,2-5,7-12,14,16,25H2,1H3,(H,28,37)(H,38,39)(H,29,34,36);1,5,7,9,11-13,20H,4,6,8H2,2H3,(H,16,22)(H,23,24)(H,17,19,21);14H,1-12H2;1H4/t18-,20?,21+,22-;9-,11?,12+,13-;;/m11../s1. The fourth-order valence-electron chi connectivity index (χ4n) is 8.29. The number of carbonyl (C=O) groups is 2. The Morgan fingerprint density at radius 3 is 1.74 bits per heavy atom. The summed E-state index contributed by atoms with van der Waals surface area (Å²) in [7, 11) is -8.18. The first-order valence-corrected chi connectivity index (χ1v) is 32.4. The lowest BCUT2D eigenvalue weighted by molar-refractivity contribution is -0.0565. The van der Waals surface area contributed by atoms with E-state index in [4.69, 9.17) is 51.4 Å². The molecule has 0 spiro atoms. The van der Waals surface area contributed by atoms with Crippen LogP contribution in [0.1, 0.15) is 103 Å². The second-order valence-electron chi connectivity index (χ2n) is 19.8. The second kappa shape index (κ2) is 43.5. The first kappa shape index (κ1) is 77.9. The van der Waals surface area contributed by atoms with Gasteiger partial charge in [-0.1, -0.05) is 56.3 Å². The minimum absolute atomic E-state index is 0. The largest absolute Gasteiger partial charge is 0.447 e. The number of aromatic nitrogens is 7. The first-order valence-electron chi connectivity index (χ1n) is 28.6. The maximum Gasteiger partial charge on any atom is 0.407 e. The molecule has 2 fully saturated rings. The Bertz CT molecular complexity index is 2910. The van der Waals surface area contributed by atoms with Crippen LogP contribution in [0.2, 0.25) is 0 Å². The molecule has 4 unspecified atom stereocenters. The van der Waals surface area contributed by atoms with Gasteiger partial charge in [-0.2, -0.15) is 0 Å². The van der Waals surface area contributed by atoms with E-state index in [9.17, 15) is 57.9 Å². The van der Waals surface area contributed by atoms with Gasteiger partial charge in [0.05, 0.1) is 19.3 Å². The number of carbonyl (C=O) groups excluding carboxylic acids is 2. The summed E-state index contributed by atoms with van der Waals surface area (Å²) in [4.78, 5) is 96.8. The summed E-state index contributed by atoms with van der Waals surface area (Å²) in [5, 5.41) is 47.6. The number of aryl methyl sites for hydroxylation is 1. The van der Waals surface area contributed by atoms with E-state index in [0.717, 1.165) is 125 Å². The number of H-pyrrole nitrogens is 2. The molecule has 0 bridgehead atoms. The van der Waals surface area contributed by atoms with Crippen molar-refractivity contribution in [3.63, 3.8) is 0 Å². The minimum atomic E-state index is -4.12. The molecule has 0 aromatic carbocycles. The number of terminal acetylenes is 1. The third-order valence-electron chi connectivity index (χ3n) is 12.7. The number of nitrogens with zero attached hydrogens (tertiary/aromatic N) is 8. The SMILES string of the molecule is C.C#CCNC(=O)OC[C@H]1O[C@@H](n2ccc(=O)[nH]c2=O)C(O)[C@H]1OP(=O)(O)CC.CP(=O)(O)O[C@@H]1C(O)[C@H](n2ccc(=O)[nH]c2=O)O[C@@H]1COC(=O)NCc1cn(CCCNCCCCNCCCN)nn1.[N-]=[N+]=NCCCNCCCCCCCCN. The Hall–Kier alpha value is -6.15. The number of azide groups is 1. The van der Waals surface area contributed by atoms with E-state index in [-0.39, 0.29) is 26.7 Å². The normalized spacial score (nSPS) is 20.7. The maximum absolute atomic E-state index is 12.3. The molecule has 10 atom stereocenters. The van der Waals surface area contributed by atoms with Gasteiger partial charge in [-0.15, -0.1) is 11.5 Å². The number of alkyl carbamates (subject to hydrolysis) is 2. The average molecular weight is 1290 g/mol. The zero-order chi connectivity index (χ0) is 64.0. The molecule has 0 aliphatic carbocycles. The van der Waals surface area contributed by atoms with Crippen molar-refractivity contribution in [2.24, 2.45) is 16.6 Å². The van der Waals surface area contributed by atoms with Crippen molar-refractivity contribution in [3.05, 3.63) is 88.5 Å². The van der Waals surface area contributed by atoms with Crippen LogP contribution in [-0.2, 0) is 50.2 Å². The van der Waals surface area contributed by atoms with Crippen LogP contribution in [0.3, 0.4) is 0 Å². The Morgan fingerprint density at radius 1 is 0.761 bits per heavy atom. The molecule has 498 valence electrons. The molecule has 2 aliphatic heterocycles. The molecule has 2 amide bonds. The van der Waals surface area contributed by atoms with Crippen molar-refractivity contribution in [1.82, 2.24) is 60.7 Å². The topological polar surface area (TPSA) is 506 Å². The van der Waals surface area contributed by atoms with Crippen LogP contribution >= 0.6 is 15.2 Å². The van der Waals surface area contributed by atoms with E-state index in [1.165, 1.54) is 39.0 Å². The molecule has 5 rings (SSSR count). The summed E-state index contributed by atoms with van der Waals surface area (Å²) in [5.41, 5.74) is 16.4. The Labute approximate surface area is 509 Å². The Kier molecular flexibility index (Phi) is 38.5. The number of aliphatic hydroxyl groups excluding tert-OH is 2. The number of rotatable bonds is 38. The third-order valence-corrected chi connectivity index (χ3v) is 14.7. The van der Waals surface area contributed by atoms with Gasteiger partial charge < -0.3 is 77.0 Å². The Morgan fingerprint density at radius 2 is 1.24 bits per heavy atom. The maximum atomic E-state index is 12.3. The van der Waals surface area contributed by atoms with E-state index < -0.39 is 112 Å². The molecule has 0 saturated carbocycles. The lowest BCUT2D eigenvalue weighted by Crippen LogP contribution is -2.39. The molecule has 37 heteroatoms. The average Bonchev–Trinajstić information content (AvgIpc) is 1.74. The van der Waals surface area contributed by atoms with Gasteiger partial charge in [-0.05, 0) is 103 Å². The molecule has 88 heavy (non-hydrogen) atoms. The summed E-state index contributed by atoms with van der Waals surface area (Å²) >= 11 is 0. The highest BCUT2D eigenvalue weighted by molar-refractivity contribution is 7.52. The molecule has 3 aromatic rings. The summed E-state index contributed by atoms with van der Waals surface area (Å²) in [6.45, 7) is 9.87. The van der Waals surface area contributed by atoms with E-state index in [1.807, 2.05) is 9.97 Å². The summed E-state index contributed by atoms with van der Waals surface area (Å²) in [6.07, 6.45) is 8.43. The number of hydrogen-bond donors (Lipinski definition) is 13. The Balaban J connectivity index is 0.000000502. The van der Waals surface area contributed by atoms with E-state index in [1.54, 1.807) is 10.9 Å². The van der Waals surface area contributed by atoms with Gasteiger partial charge in [0.2, 0.25) is 0 Å². The van der Waals surface area contributed by atoms with Gasteiger partial charge in [0, 0.05) is 55.4 Å². The van der Waals surface area contributed by atoms with Crippen LogP contribution in [0.5, 0.6) is 0 Å². The van der Waals surface area contributed by atoms with E-state index >= 15 is 0 Å². The van der Waals surface area contributed by atoms with Gasteiger partial charge in [0.15, 0.2) is 12.5 Å². The molecule has 3 aromatic heterocycles. The number of ether oxygens (including phenoxy) is 4. The van der Waals surface area contributed by atoms with Crippen LogP contribution in [0.25, 0.3) is 10.4 Å². The van der Waals surface area contributed by atoms with Crippen molar-refractivity contribution >= 4 is 27.4 Å². The number of amides is 2. The second-order valence-corrected chi connectivity index (χ2v) is 23.7. The number of nitrogens with one attached hydrogen (secondary N) is 7. The van der Waals surface area contributed by atoms with Crippen molar-refractivity contribution in [1.29, 1.82) is 0 Å². The lowest BCUT2D eigenvalue weighted by atomic mass is 10.1. The molecular formula is C51H91N17O18P2. The zero-order valence-corrected chi connectivity index (χ0v) is 50.9. The summed E-state index contributed by atoms with van der Waals surface area (Å²) in [5.74, 6) is 2.18. The summed E-state index contributed by atoms with van der Waals surface area (Å²) < 4.78 is 58.8. The fourth-order valence-corrected chi connectivity index (χ4v) is 9.80. The van der Waals surface area contributed by atoms with Gasteiger partial charge >= 0.3 is 38.8 Å². The highest BCUT2D eigenvalue weighted by Crippen LogP contribution is 2.47. The smallest absolute Gasteiger partial charge is 0.407 e. The van der Waals surface area contributed by atoms with Gasteiger partial charge in [0.1, 0.15) is 55.5 Å². The van der Waals surface area contributed by atoms with Gasteiger partial charge in [-0.3, -0.25) is 51.6 Å².